The third-order valence-corrected chi connectivity index (χ3v) is 9.74. The number of benzene rings is 5. The van der Waals surface area contributed by atoms with Crippen molar-refractivity contribution in [3.8, 4) is 5.75 Å². The van der Waals surface area contributed by atoms with Crippen molar-refractivity contribution in [2.75, 3.05) is 60.2 Å². The van der Waals surface area contributed by atoms with Crippen LogP contribution in [0, 0.1) is 36.1 Å². The van der Waals surface area contributed by atoms with Gasteiger partial charge in [-0.15, -0.1) is 0 Å². The number of piperazine rings is 1. The Labute approximate surface area is 388 Å². The van der Waals surface area contributed by atoms with Gasteiger partial charge in [-0.25, -0.2) is 27.2 Å². The molecule has 0 radical (unpaired) electrons. The maximum atomic E-state index is 15.0. The predicted molar refractivity (Wildman–Crippen MR) is 250 cm³/mol. The highest BCUT2D eigenvalue weighted by atomic mass is 128. The molecule has 322 valence electrons. The summed E-state index contributed by atoms with van der Waals surface area (Å²) in [4.78, 5) is 21.4. The monoisotopic (exact) mass is 1070 g/mol. The smallest absolute Gasteiger partial charge is 0.255 e. The Morgan fingerprint density at radius 2 is 1.51 bits per heavy atom. The summed E-state index contributed by atoms with van der Waals surface area (Å²) in [7, 11) is 0. The van der Waals surface area contributed by atoms with Gasteiger partial charge in [-0.1, -0.05) is 13.5 Å². The average Bonchev–Trinajstić information content (AvgIpc) is 4.03. The second kappa shape index (κ2) is 22.2. The van der Waals surface area contributed by atoms with Gasteiger partial charge in [-0.3, -0.25) is 4.79 Å². The first kappa shape index (κ1) is 36.7. The largest absolute Gasteiger partial charge is 0.493 e. The van der Waals surface area contributed by atoms with Crippen LogP contribution < -0.4 is 25.6 Å². The number of nitrogen functional groups attached to an aromatic ring is 1. The van der Waals surface area contributed by atoms with E-state index >= 15 is 4.39 Å². The number of aromatic nitrogens is 3. The fourth-order valence-corrected chi connectivity index (χ4v) is 6.89. The Hall–Kier alpha value is -4.95. The number of anilines is 4. The molecule has 3 N–H and O–H groups in total. The first-order valence-electron chi connectivity index (χ1n) is 22.4. The van der Waals surface area contributed by atoms with Gasteiger partial charge in [-0.2, -0.15) is 5.10 Å². The number of hydrogen-bond donors (Lipinski definition) is 2. The van der Waals surface area contributed by atoms with Crippen molar-refractivity contribution in [3.63, 3.8) is 0 Å². The van der Waals surface area contributed by atoms with E-state index in [4.69, 9.17) is 26.2 Å². The second-order valence-electron chi connectivity index (χ2n) is 13.7. The molecule has 2 atom stereocenters. The lowest BCUT2D eigenvalue weighted by molar-refractivity contribution is -0.0206. The molecular formula is C45H47F4I2N7O3. The lowest BCUT2D eigenvalue weighted by atomic mass is 9.87. The number of rotatable bonds is 10. The van der Waals surface area contributed by atoms with Crippen LogP contribution in [0.3, 0.4) is 0 Å². The topological polar surface area (TPSA) is 111 Å². The third kappa shape index (κ3) is 12.6. The molecular weight excluding hydrogens is 1020 g/mol. The van der Waals surface area contributed by atoms with Gasteiger partial charge in [0.15, 0.2) is 0 Å². The minimum absolute atomic E-state index is 0. The van der Waals surface area contributed by atoms with E-state index in [2.05, 4.69) is 68.5 Å². The highest BCUT2D eigenvalue weighted by Gasteiger charge is 2.44. The van der Waals surface area contributed by atoms with Gasteiger partial charge < -0.3 is 30.3 Å². The fraction of sp³-hybridized carbons (Fsp3) is 0.267. The summed E-state index contributed by atoms with van der Waals surface area (Å²) < 4.78 is 129. The van der Waals surface area contributed by atoms with Gasteiger partial charge >= 0.3 is 0 Å². The average molecular weight is 1070 g/mol. The summed E-state index contributed by atoms with van der Waals surface area (Å²) in [5, 5.41) is 6.57. The summed E-state index contributed by atoms with van der Waals surface area (Å²) in [6.07, 6.45) is 3.39. The first-order valence-corrected chi connectivity index (χ1v) is 24.7. The van der Waals surface area contributed by atoms with Gasteiger partial charge in [0.25, 0.3) is 5.91 Å². The molecule has 2 saturated heterocycles. The van der Waals surface area contributed by atoms with E-state index < -0.39 is 83.1 Å². The van der Waals surface area contributed by atoms with E-state index in [1.807, 2.05) is 31.2 Å². The van der Waals surface area contributed by atoms with Crippen molar-refractivity contribution < 1.29 is 42.8 Å². The molecule has 3 heterocycles. The number of hydrogen-bond acceptors (Lipinski definition) is 8. The van der Waals surface area contributed by atoms with Gasteiger partial charge in [0.05, 0.1) is 30.7 Å². The van der Waals surface area contributed by atoms with E-state index in [1.54, 1.807) is 16.8 Å². The third-order valence-electron chi connectivity index (χ3n) is 9.74. The Kier molecular flexibility index (Phi) is 13.4. The number of aryl methyl sites for hydroxylation is 1. The van der Waals surface area contributed by atoms with Crippen LogP contribution in [0.4, 0.5) is 40.3 Å². The minimum Gasteiger partial charge on any atom is -0.493 e. The summed E-state index contributed by atoms with van der Waals surface area (Å²) in [5.74, 6) is -3.71. The van der Waals surface area contributed by atoms with E-state index in [0.717, 1.165) is 54.9 Å². The van der Waals surface area contributed by atoms with E-state index in [-0.39, 0.29) is 42.4 Å². The summed E-state index contributed by atoms with van der Waals surface area (Å²) in [6.45, 7) is 5.86. The van der Waals surface area contributed by atoms with Crippen molar-refractivity contribution >= 4 is 65.9 Å². The number of halogens is 6. The molecule has 0 spiro atoms. The number of amides is 1. The van der Waals surface area contributed by atoms with E-state index in [1.165, 1.54) is 24.8 Å². The molecule has 5 aromatic carbocycles. The molecule has 8 rings (SSSR count). The predicted octanol–water partition coefficient (Wildman–Crippen LogP) is 10.4. The first-order chi connectivity index (χ1) is 32.4. The molecule has 0 bridgehead atoms. The maximum absolute atomic E-state index is 15.0. The molecule has 2 aliphatic heterocycles. The SMILES string of the molecule is C.II.[2H]c1c([2H])c(F)c([2H])c([2H])c1N.[2H]c1c([2H])c(NC(=O)c2ccc(N3CCN(c4ccc(OC[C@@H]5CO[C@@](Cn6cncn6)(c6ccc(F)cc6F)C5)c(C)c4)CC3)cc2)c([2H])c([2H])c1F. The van der Waals surface area contributed by atoms with Crippen LogP contribution in [0.1, 0.15) is 46.3 Å². The van der Waals surface area contributed by atoms with E-state index in [0.29, 0.717) is 19.6 Å². The number of nitrogens with one attached hydrogen (secondary N) is 1. The number of carbonyl (C=O) groups excluding carboxylic acids is 1. The lowest BCUT2D eigenvalue weighted by Crippen LogP contribution is -2.46. The van der Waals surface area contributed by atoms with Crippen LogP contribution in [0.15, 0.2) is 122 Å². The lowest BCUT2D eigenvalue weighted by Gasteiger charge is -2.37. The van der Waals surface area contributed by atoms with Crippen LogP contribution in [0.25, 0.3) is 0 Å². The van der Waals surface area contributed by atoms with Crippen molar-refractivity contribution in [2.45, 2.75) is 32.9 Å². The molecule has 1 amide bonds. The summed E-state index contributed by atoms with van der Waals surface area (Å²) in [5.41, 5.74) is 6.88. The van der Waals surface area contributed by atoms with Crippen molar-refractivity contribution in [3.05, 3.63) is 162 Å². The van der Waals surface area contributed by atoms with E-state index in [9.17, 15) is 18.0 Å². The van der Waals surface area contributed by atoms with Crippen LogP contribution in [0.5, 0.6) is 5.75 Å². The van der Waals surface area contributed by atoms with Crippen LogP contribution in [-0.2, 0) is 16.9 Å². The molecule has 0 unspecified atom stereocenters. The highest BCUT2D eigenvalue weighted by Crippen LogP contribution is 2.42. The molecule has 0 aliphatic carbocycles. The second-order valence-corrected chi connectivity index (χ2v) is 13.7. The quantitative estimate of drug-likeness (QED) is 0.0793. The van der Waals surface area contributed by atoms with Crippen LogP contribution in [0.2, 0.25) is 0 Å². The zero-order valence-electron chi connectivity index (χ0n) is 40.0. The molecule has 10 nitrogen and oxygen atoms in total. The van der Waals surface area contributed by atoms with Crippen molar-refractivity contribution in [2.24, 2.45) is 5.92 Å². The Bertz CT molecular complexity index is 2650. The Morgan fingerprint density at radius 1 is 0.885 bits per heavy atom. The molecule has 0 saturated carbocycles. The van der Waals surface area contributed by atoms with Gasteiger partial charge in [0.1, 0.15) is 47.3 Å². The van der Waals surface area contributed by atoms with Gasteiger partial charge in [0, 0.05) is 109 Å². The molecule has 1 aromatic heterocycles. The number of ether oxygens (including phenoxy) is 2. The number of nitrogens with two attached hydrogens (primary N) is 1. The normalized spacial score (nSPS) is 18.8. The zero-order valence-corrected chi connectivity index (χ0v) is 36.3. The molecule has 16 heteroatoms. The van der Waals surface area contributed by atoms with Crippen LogP contribution >= 0.6 is 37.2 Å². The molecule has 6 aromatic rings. The fourth-order valence-electron chi connectivity index (χ4n) is 6.89. The molecule has 2 aliphatic rings. The standard InChI is InChI=1S/C38H37F3N6O3.C6H6FN.CH4.I2/c1-26-18-33(46-16-14-45(15-17-46)32-9-2-28(3-10-32)37(48)44-31-7-4-29(39)5-8-31)11-13-36(26)49-21-27-20-38(50-22-27,23-47-25-42-24-43-47)34-12-6-30(40)19-35(34)41;7-5-1-3-6(8)4-2-5;;1-2/h2-13,18-19,24-25,27H,14-17,20-23H2,1H3,(H,44,48);1-4H,8H2;1H4;/t27-,38+;;;/m1.../s1/i4D,5D,7D,8D;1D,2D,3D,4D;;. The highest BCUT2D eigenvalue weighted by molar-refractivity contribution is 15.0. The molecule has 61 heavy (non-hydrogen) atoms. The van der Waals surface area contributed by atoms with Gasteiger partial charge in [0.2, 0.25) is 0 Å². The van der Waals surface area contributed by atoms with Crippen molar-refractivity contribution in [1.29, 1.82) is 0 Å². The Balaban J connectivity index is 0.000000514. The molecule has 2 fully saturated rings. The van der Waals surface area contributed by atoms with Crippen molar-refractivity contribution in [1.82, 2.24) is 14.8 Å². The number of nitrogens with zero attached hydrogens (tertiary/aromatic N) is 5. The summed E-state index contributed by atoms with van der Waals surface area (Å²) in [6, 6.07) is 10.9. The maximum Gasteiger partial charge on any atom is 0.255 e. The zero-order chi connectivity index (χ0) is 49.6. The number of carbonyl (C=O) groups is 1. The van der Waals surface area contributed by atoms with Crippen LogP contribution in [-0.4, -0.2) is 60.1 Å². The Morgan fingerprint density at radius 3 is 2.11 bits per heavy atom. The summed E-state index contributed by atoms with van der Waals surface area (Å²) >= 11 is 4.24. The minimum atomic E-state index is -1.27. The van der Waals surface area contributed by atoms with Gasteiger partial charge in [-0.05, 0) is 116 Å².